The van der Waals surface area contributed by atoms with E-state index in [1.54, 1.807) is 26.8 Å². The summed E-state index contributed by atoms with van der Waals surface area (Å²) in [5.74, 6) is 0.418. The van der Waals surface area contributed by atoms with Crippen molar-refractivity contribution in [3.8, 4) is 6.07 Å². The summed E-state index contributed by atoms with van der Waals surface area (Å²) in [5, 5.41) is 9.39. The van der Waals surface area contributed by atoms with Crippen molar-refractivity contribution in [2.75, 3.05) is 5.75 Å². The van der Waals surface area contributed by atoms with Gasteiger partial charge in [0, 0.05) is 16.9 Å². The fourth-order valence-electron chi connectivity index (χ4n) is 2.22. The summed E-state index contributed by atoms with van der Waals surface area (Å²) in [7, 11) is 0. The zero-order chi connectivity index (χ0) is 19.4. The minimum absolute atomic E-state index is 0.116. The Morgan fingerprint density at radius 1 is 1.15 bits per heavy atom. The molecule has 26 heavy (non-hydrogen) atoms. The zero-order valence-corrected chi connectivity index (χ0v) is 15.6. The molecule has 1 heterocycles. The predicted octanol–water partition coefficient (Wildman–Crippen LogP) is 6.08. The van der Waals surface area contributed by atoms with Gasteiger partial charge in [0.15, 0.2) is 0 Å². The first kappa shape index (κ1) is 20.1. The summed E-state index contributed by atoms with van der Waals surface area (Å²) < 4.78 is 40.2. The van der Waals surface area contributed by atoms with Crippen LogP contribution >= 0.6 is 11.8 Å². The Morgan fingerprint density at radius 3 is 2.35 bits per heavy atom. The average molecular weight is 376 g/mol. The lowest BCUT2D eigenvalue weighted by molar-refractivity contribution is -0.138. The number of thioether (sulfide) groups is 1. The van der Waals surface area contributed by atoms with Crippen molar-refractivity contribution in [3.63, 3.8) is 0 Å². The summed E-state index contributed by atoms with van der Waals surface area (Å²) in [6, 6.07) is 12.3. The van der Waals surface area contributed by atoms with Gasteiger partial charge in [-0.05, 0) is 11.6 Å². The number of nitriles is 1. The van der Waals surface area contributed by atoms with Gasteiger partial charge in [0.25, 0.3) is 0 Å². The smallest absolute Gasteiger partial charge is 0.245 e. The van der Waals surface area contributed by atoms with Gasteiger partial charge in [0.2, 0.25) is 0 Å². The molecule has 0 aliphatic heterocycles. The fourth-order valence-corrected chi connectivity index (χ4v) is 3.03. The van der Waals surface area contributed by atoms with E-state index in [0.717, 1.165) is 23.4 Å². The minimum atomic E-state index is -4.59. The summed E-state index contributed by atoms with van der Waals surface area (Å²) in [5.41, 5.74) is -0.569. The van der Waals surface area contributed by atoms with Crippen molar-refractivity contribution in [3.05, 3.63) is 64.9 Å². The highest BCUT2D eigenvalue weighted by Gasteiger charge is 2.37. The zero-order valence-electron chi connectivity index (χ0n) is 14.8. The fraction of sp³-hybridized carbons (Fsp3) is 0.300. The molecule has 0 unspecified atom stereocenters. The van der Waals surface area contributed by atoms with E-state index in [4.69, 9.17) is 0 Å². The van der Waals surface area contributed by atoms with Gasteiger partial charge in [-0.2, -0.15) is 18.4 Å². The molecule has 0 atom stereocenters. The maximum absolute atomic E-state index is 13.4. The molecular formula is C20H19F3N2S. The highest BCUT2D eigenvalue weighted by atomic mass is 32.2. The SMILES string of the molecule is CC(C)(C)c1cc(C(F)(F)F)c(C#N)c(SCC=Cc2ccccc2)n1. The van der Waals surface area contributed by atoms with Gasteiger partial charge < -0.3 is 0 Å². The summed E-state index contributed by atoms with van der Waals surface area (Å²) >= 11 is 1.13. The van der Waals surface area contributed by atoms with Crippen LogP contribution in [0.25, 0.3) is 6.08 Å². The molecule has 0 saturated carbocycles. The monoisotopic (exact) mass is 376 g/mol. The van der Waals surface area contributed by atoms with Crippen LogP contribution in [0.3, 0.4) is 0 Å². The number of halogens is 3. The van der Waals surface area contributed by atoms with Gasteiger partial charge in [-0.1, -0.05) is 63.3 Å². The molecule has 0 bridgehead atoms. The molecule has 2 rings (SSSR count). The number of benzene rings is 1. The molecule has 0 aliphatic rings. The molecule has 2 nitrogen and oxygen atoms in total. The second-order valence-electron chi connectivity index (χ2n) is 6.72. The Hall–Kier alpha value is -2.26. The number of pyridine rings is 1. The van der Waals surface area contributed by atoms with Gasteiger partial charge in [-0.25, -0.2) is 4.98 Å². The van der Waals surface area contributed by atoms with Crippen LogP contribution in [-0.4, -0.2) is 10.7 Å². The molecule has 0 amide bonds. The molecule has 0 aliphatic carbocycles. The third-order valence-electron chi connectivity index (χ3n) is 3.60. The lowest BCUT2D eigenvalue weighted by Gasteiger charge is -2.21. The molecular weight excluding hydrogens is 357 g/mol. The quantitative estimate of drug-likeness (QED) is 0.607. The number of aromatic nitrogens is 1. The molecule has 0 spiro atoms. The third kappa shape index (κ3) is 5.12. The van der Waals surface area contributed by atoms with E-state index in [2.05, 4.69) is 4.98 Å². The van der Waals surface area contributed by atoms with E-state index in [1.807, 2.05) is 42.5 Å². The highest BCUT2D eigenvalue weighted by molar-refractivity contribution is 7.99. The lowest BCUT2D eigenvalue weighted by atomic mass is 9.90. The number of rotatable bonds is 4. The maximum Gasteiger partial charge on any atom is 0.417 e. The predicted molar refractivity (Wildman–Crippen MR) is 98.9 cm³/mol. The van der Waals surface area contributed by atoms with E-state index >= 15 is 0 Å². The molecule has 1 aromatic heterocycles. The first-order chi connectivity index (χ1) is 12.1. The minimum Gasteiger partial charge on any atom is -0.245 e. The summed E-state index contributed by atoms with van der Waals surface area (Å²) in [4.78, 5) is 4.34. The number of hydrogen-bond acceptors (Lipinski definition) is 3. The molecule has 0 radical (unpaired) electrons. The second-order valence-corrected chi connectivity index (χ2v) is 7.73. The van der Waals surface area contributed by atoms with Crippen molar-refractivity contribution in [1.29, 1.82) is 5.26 Å². The Morgan fingerprint density at radius 2 is 1.81 bits per heavy atom. The van der Waals surface area contributed by atoms with Crippen LogP contribution in [0.15, 0.2) is 47.5 Å². The summed E-state index contributed by atoms with van der Waals surface area (Å²) in [6.45, 7) is 5.39. The van der Waals surface area contributed by atoms with Crippen LogP contribution in [0.4, 0.5) is 13.2 Å². The Bertz CT molecular complexity index is 829. The van der Waals surface area contributed by atoms with E-state index in [-0.39, 0.29) is 5.03 Å². The van der Waals surface area contributed by atoms with Crippen LogP contribution in [-0.2, 0) is 11.6 Å². The Labute approximate surface area is 155 Å². The summed E-state index contributed by atoms with van der Waals surface area (Å²) in [6.07, 6.45) is -0.861. The van der Waals surface area contributed by atoms with Gasteiger partial charge in [-0.3, -0.25) is 0 Å². The van der Waals surface area contributed by atoms with Crippen LogP contribution in [0, 0.1) is 11.3 Å². The molecule has 2 aromatic rings. The van der Waals surface area contributed by atoms with Gasteiger partial charge >= 0.3 is 6.18 Å². The van der Waals surface area contributed by atoms with Crippen molar-refractivity contribution < 1.29 is 13.2 Å². The van der Waals surface area contributed by atoms with E-state index in [0.29, 0.717) is 11.4 Å². The molecule has 0 N–H and O–H groups in total. The maximum atomic E-state index is 13.4. The van der Waals surface area contributed by atoms with Crippen molar-refractivity contribution in [1.82, 2.24) is 4.98 Å². The molecule has 1 aromatic carbocycles. The van der Waals surface area contributed by atoms with Gasteiger partial charge in [0.1, 0.15) is 11.1 Å². The lowest BCUT2D eigenvalue weighted by Crippen LogP contribution is -2.18. The number of alkyl halides is 3. The number of nitrogens with zero attached hydrogens (tertiary/aromatic N) is 2. The van der Waals surface area contributed by atoms with E-state index < -0.39 is 22.7 Å². The van der Waals surface area contributed by atoms with Crippen LogP contribution in [0.2, 0.25) is 0 Å². The number of hydrogen-bond donors (Lipinski definition) is 0. The standard InChI is InChI=1S/C20H19F3N2S/c1-19(2,3)17-12-16(20(21,22)23)15(13-24)18(25-17)26-11-7-10-14-8-5-4-6-9-14/h4-10,12H,11H2,1-3H3. The van der Waals surface area contributed by atoms with Crippen LogP contribution in [0.1, 0.15) is 43.2 Å². The topological polar surface area (TPSA) is 36.7 Å². The average Bonchev–Trinajstić information content (AvgIpc) is 2.57. The van der Waals surface area contributed by atoms with Gasteiger partial charge in [0.05, 0.1) is 11.1 Å². The largest absolute Gasteiger partial charge is 0.417 e. The first-order valence-corrected chi connectivity index (χ1v) is 8.98. The second kappa shape index (κ2) is 7.96. The molecule has 0 fully saturated rings. The molecule has 136 valence electrons. The van der Waals surface area contributed by atoms with Crippen molar-refractivity contribution >= 4 is 17.8 Å². The van der Waals surface area contributed by atoms with E-state index in [1.165, 1.54) is 0 Å². The van der Waals surface area contributed by atoms with Crippen molar-refractivity contribution in [2.24, 2.45) is 0 Å². The van der Waals surface area contributed by atoms with Gasteiger partial charge in [-0.15, -0.1) is 11.8 Å². The highest BCUT2D eigenvalue weighted by Crippen LogP contribution is 2.38. The third-order valence-corrected chi connectivity index (χ3v) is 4.53. The van der Waals surface area contributed by atoms with E-state index in [9.17, 15) is 18.4 Å². The van der Waals surface area contributed by atoms with Crippen LogP contribution < -0.4 is 0 Å². The first-order valence-electron chi connectivity index (χ1n) is 8.00. The van der Waals surface area contributed by atoms with Crippen molar-refractivity contribution in [2.45, 2.75) is 37.4 Å². The normalized spacial score (nSPS) is 12.3. The molecule has 6 heteroatoms. The van der Waals surface area contributed by atoms with Crippen LogP contribution in [0.5, 0.6) is 0 Å². The Kier molecular flexibility index (Phi) is 6.14. The molecule has 0 saturated heterocycles. The Balaban J connectivity index is 2.34.